The van der Waals surface area contributed by atoms with Gasteiger partial charge in [0.05, 0.1) is 11.6 Å². The average Bonchev–Trinajstić information content (AvgIpc) is 2.88. The normalized spacial score (nSPS) is 14.7. The van der Waals surface area contributed by atoms with Crippen molar-refractivity contribution in [2.75, 3.05) is 20.3 Å². The number of benzene rings is 3. The highest BCUT2D eigenvalue weighted by molar-refractivity contribution is 5.45. The molecular formula is C28H29F3N2O2. The van der Waals surface area contributed by atoms with Gasteiger partial charge in [-0.2, -0.15) is 13.2 Å². The number of halogens is 3. The van der Waals surface area contributed by atoms with Crippen molar-refractivity contribution in [2.24, 2.45) is 0 Å². The number of rotatable bonds is 9. The number of alkyl halides is 3. The summed E-state index contributed by atoms with van der Waals surface area (Å²) in [6.45, 7) is 5.20. The Labute approximate surface area is 203 Å². The monoisotopic (exact) mass is 482 g/mol. The van der Waals surface area contributed by atoms with E-state index in [9.17, 15) is 13.2 Å². The van der Waals surface area contributed by atoms with Crippen LogP contribution in [-0.4, -0.2) is 20.3 Å². The highest BCUT2D eigenvalue weighted by atomic mass is 19.4. The van der Waals surface area contributed by atoms with Gasteiger partial charge in [0, 0.05) is 18.8 Å². The lowest BCUT2D eigenvalue weighted by Crippen LogP contribution is -2.31. The first-order chi connectivity index (χ1) is 16.8. The van der Waals surface area contributed by atoms with Gasteiger partial charge in [-0.1, -0.05) is 55.1 Å². The van der Waals surface area contributed by atoms with E-state index in [-0.39, 0.29) is 12.1 Å². The third-order valence-corrected chi connectivity index (χ3v) is 6.14. The summed E-state index contributed by atoms with van der Waals surface area (Å²) in [5.41, 5.74) is 3.08. The van der Waals surface area contributed by atoms with Gasteiger partial charge in [0.15, 0.2) is 11.5 Å². The summed E-state index contributed by atoms with van der Waals surface area (Å²) >= 11 is 0. The Kier molecular flexibility index (Phi) is 7.66. The standard InChI is InChI=1S/C28H29F3N2O2/c1-19(32-2)27(21-6-4-3-5-7-21)33-24(22-11-15-25-26(18-22)35-17-16-34-25)14-10-20-8-12-23(13-9-20)28(29,30)31/h3-9,11-13,15,18,24,27,32-33H,1,10,14,16-17H2,2H3/t24-,27-/m0/s1. The lowest BCUT2D eigenvalue weighted by Gasteiger charge is -2.29. The van der Waals surface area contributed by atoms with Crippen LogP contribution >= 0.6 is 0 Å². The summed E-state index contributed by atoms with van der Waals surface area (Å²) < 4.78 is 50.3. The fraction of sp³-hybridized carbons (Fsp3) is 0.286. The van der Waals surface area contributed by atoms with Crippen molar-refractivity contribution in [3.8, 4) is 11.5 Å². The zero-order valence-electron chi connectivity index (χ0n) is 19.6. The summed E-state index contributed by atoms with van der Waals surface area (Å²) in [6.07, 6.45) is -3.09. The molecule has 2 atom stereocenters. The van der Waals surface area contributed by atoms with Crippen LogP contribution in [0.4, 0.5) is 13.2 Å². The van der Waals surface area contributed by atoms with Crippen molar-refractivity contribution in [2.45, 2.75) is 31.1 Å². The third kappa shape index (κ3) is 6.17. The summed E-state index contributed by atoms with van der Waals surface area (Å²) in [5, 5.41) is 6.87. The van der Waals surface area contributed by atoms with Crippen LogP contribution in [0.15, 0.2) is 85.1 Å². The lowest BCUT2D eigenvalue weighted by molar-refractivity contribution is -0.137. The van der Waals surface area contributed by atoms with Gasteiger partial charge in [-0.25, -0.2) is 0 Å². The zero-order chi connectivity index (χ0) is 24.8. The van der Waals surface area contributed by atoms with Gasteiger partial charge in [0.1, 0.15) is 13.2 Å². The number of hydrogen-bond donors (Lipinski definition) is 2. The molecule has 0 bridgehead atoms. The number of hydrogen-bond acceptors (Lipinski definition) is 4. The zero-order valence-corrected chi connectivity index (χ0v) is 19.6. The van der Waals surface area contributed by atoms with Crippen LogP contribution in [0.5, 0.6) is 11.5 Å². The van der Waals surface area contributed by atoms with E-state index in [4.69, 9.17) is 9.47 Å². The van der Waals surface area contributed by atoms with E-state index in [1.54, 1.807) is 12.1 Å². The van der Waals surface area contributed by atoms with E-state index in [0.29, 0.717) is 37.6 Å². The predicted molar refractivity (Wildman–Crippen MR) is 130 cm³/mol. The first-order valence-electron chi connectivity index (χ1n) is 11.6. The number of likely N-dealkylation sites (N-methyl/N-ethyl adjacent to an activating group) is 1. The largest absolute Gasteiger partial charge is 0.486 e. The highest BCUT2D eigenvalue weighted by Gasteiger charge is 2.30. The molecule has 35 heavy (non-hydrogen) atoms. The summed E-state index contributed by atoms with van der Waals surface area (Å²) in [7, 11) is 1.83. The first kappa shape index (κ1) is 24.7. The van der Waals surface area contributed by atoms with Gasteiger partial charge in [0.25, 0.3) is 0 Å². The summed E-state index contributed by atoms with van der Waals surface area (Å²) in [5.74, 6) is 1.40. The third-order valence-electron chi connectivity index (χ3n) is 6.14. The predicted octanol–water partition coefficient (Wildman–Crippen LogP) is 6.21. The van der Waals surface area contributed by atoms with Crippen molar-refractivity contribution in [3.05, 3.63) is 107 Å². The number of ether oxygens (including phenoxy) is 2. The maximum Gasteiger partial charge on any atom is 0.416 e. The second-order valence-electron chi connectivity index (χ2n) is 8.47. The van der Waals surface area contributed by atoms with E-state index >= 15 is 0 Å². The van der Waals surface area contributed by atoms with Crippen molar-refractivity contribution < 1.29 is 22.6 Å². The molecule has 0 saturated heterocycles. The molecule has 3 aromatic rings. The molecule has 0 aromatic heterocycles. The molecule has 3 aromatic carbocycles. The molecule has 1 heterocycles. The molecular weight excluding hydrogens is 453 g/mol. The maximum atomic E-state index is 13.0. The van der Waals surface area contributed by atoms with Gasteiger partial charge in [-0.15, -0.1) is 0 Å². The second-order valence-corrected chi connectivity index (χ2v) is 8.47. The van der Waals surface area contributed by atoms with Crippen molar-refractivity contribution in [1.29, 1.82) is 0 Å². The van der Waals surface area contributed by atoms with Crippen LogP contribution < -0.4 is 20.1 Å². The van der Waals surface area contributed by atoms with Gasteiger partial charge in [0.2, 0.25) is 0 Å². The minimum absolute atomic E-state index is 0.122. The molecule has 1 aliphatic rings. The molecule has 0 unspecified atom stereocenters. The molecule has 1 aliphatic heterocycles. The topological polar surface area (TPSA) is 42.5 Å². The van der Waals surface area contributed by atoms with Crippen LogP contribution in [-0.2, 0) is 12.6 Å². The molecule has 184 valence electrons. The SMILES string of the molecule is C=C(NC)[C@H](N[C@@H](CCc1ccc(C(F)(F)F)cc1)c1ccc2c(c1)OCCO2)c1ccccc1. The molecule has 0 amide bonds. The van der Waals surface area contributed by atoms with Crippen molar-refractivity contribution in [1.82, 2.24) is 10.6 Å². The Balaban J connectivity index is 1.60. The number of nitrogens with one attached hydrogen (secondary N) is 2. The van der Waals surface area contributed by atoms with Crippen LogP contribution in [0.3, 0.4) is 0 Å². The smallest absolute Gasteiger partial charge is 0.416 e. The van der Waals surface area contributed by atoms with E-state index in [2.05, 4.69) is 17.2 Å². The molecule has 0 radical (unpaired) electrons. The molecule has 4 rings (SSSR count). The maximum absolute atomic E-state index is 13.0. The minimum atomic E-state index is -4.34. The van der Waals surface area contributed by atoms with Crippen LogP contribution in [0.25, 0.3) is 0 Å². The Morgan fingerprint density at radius 3 is 2.26 bits per heavy atom. The van der Waals surface area contributed by atoms with Crippen molar-refractivity contribution >= 4 is 0 Å². The fourth-order valence-corrected chi connectivity index (χ4v) is 4.18. The molecule has 2 N–H and O–H groups in total. The van der Waals surface area contributed by atoms with Crippen LogP contribution in [0, 0.1) is 0 Å². The lowest BCUT2D eigenvalue weighted by atomic mass is 9.95. The minimum Gasteiger partial charge on any atom is -0.486 e. The van der Waals surface area contributed by atoms with Crippen LogP contribution in [0.2, 0.25) is 0 Å². The number of fused-ring (bicyclic) bond motifs is 1. The average molecular weight is 483 g/mol. The van der Waals surface area contributed by atoms with Gasteiger partial charge in [-0.3, -0.25) is 5.32 Å². The molecule has 7 heteroatoms. The Morgan fingerprint density at radius 2 is 1.60 bits per heavy atom. The van der Waals surface area contributed by atoms with Gasteiger partial charge in [-0.05, 0) is 53.8 Å². The van der Waals surface area contributed by atoms with Gasteiger partial charge < -0.3 is 14.8 Å². The van der Waals surface area contributed by atoms with Crippen molar-refractivity contribution in [3.63, 3.8) is 0 Å². The fourth-order valence-electron chi connectivity index (χ4n) is 4.18. The van der Waals surface area contributed by atoms with Gasteiger partial charge >= 0.3 is 6.18 Å². The molecule has 4 nitrogen and oxygen atoms in total. The highest BCUT2D eigenvalue weighted by Crippen LogP contribution is 2.35. The summed E-state index contributed by atoms with van der Waals surface area (Å²) in [6, 6.07) is 21.0. The molecule has 0 saturated carbocycles. The van der Waals surface area contributed by atoms with E-state index < -0.39 is 11.7 Å². The first-order valence-corrected chi connectivity index (χ1v) is 11.6. The Morgan fingerprint density at radius 1 is 0.914 bits per heavy atom. The van der Waals surface area contributed by atoms with Crippen LogP contribution in [0.1, 0.15) is 40.8 Å². The molecule has 0 fully saturated rings. The van der Waals surface area contributed by atoms with E-state index in [1.165, 1.54) is 0 Å². The molecule has 0 spiro atoms. The second kappa shape index (κ2) is 10.9. The Bertz CT molecular complexity index is 1130. The van der Waals surface area contributed by atoms with E-state index in [1.807, 2.05) is 55.6 Å². The Hall–Kier alpha value is -3.45. The van der Waals surface area contributed by atoms with E-state index in [0.717, 1.165) is 34.5 Å². The summed E-state index contributed by atoms with van der Waals surface area (Å²) in [4.78, 5) is 0. The molecule has 0 aliphatic carbocycles. The quantitative estimate of drug-likeness (QED) is 0.380. The number of aryl methyl sites for hydroxylation is 1.